The van der Waals surface area contributed by atoms with Gasteiger partial charge in [0.05, 0.1) is 28.4 Å². The van der Waals surface area contributed by atoms with Crippen molar-refractivity contribution in [3.8, 4) is 5.69 Å². The van der Waals surface area contributed by atoms with E-state index in [1.807, 2.05) is 47.0 Å². The van der Waals surface area contributed by atoms with Gasteiger partial charge in [0.2, 0.25) is 0 Å². The molecular weight excluding hydrogens is 383 g/mol. The van der Waals surface area contributed by atoms with Crippen molar-refractivity contribution in [2.45, 2.75) is 19.3 Å². The number of nitrogens with zero attached hydrogens (tertiary/aromatic N) is 2. The monoisotopic (exact) mass is 402 g/mol. The molecule has 1 aromatic heterocycles. The first kappa shape index (κ1) is 18.2. The number of hydrogen-bond donors (Lipinski definition) is 0. The van der Waals surface area contributed by atoms with Crippen LogP contribution in [-0.4, -0.2) is 30.7 Å². The number of methoxy groups -OCH3 is 1. The number of piperidine rings is 1. The minimum atomic E-state index is -0.372. The van der Waals surface area contributed by atoms with E-state index < -0.39 is 0 Å². The highest BCUT2D eigenvalue weighted by Gasteiger charge is 2.29. The maximum Gasteiger partial charge on any atom is 0.357 e. The Morgan fingerprint density at radius 3 is 2.33 bits per heavy atom. The van der Waals surface area contributed by atoms with Gasteiger partial charge in [0.15, 0.2) is 5.69 Å². The summed E-state index contributed by atoms with van der Waals surface area (Å²) < 4.78 is 7.09. The molecule has 27 heavy (non-hydrogen) atoms. The van der Waals surface area contributed by atoms with Crippen molar-refractivity contribution in [3.05, 3.63) is 58.2 Å². The van der Waals surface area contributed by atoms with Crippen molar-refractivity contribution >= 4 is 45.8 Å². The minimum absolute atomic E-state index is 0.372. The molecule has 0 saturated carbocycles. The average Bonchev–Trinajstić information content (AvgIpc) is 3.03. The molecule has 1 aliphatic heterocycles. The predicted octanol–water partition coefficient (Wildman–Crippen LogP) is 5.71. The molecule has 4 rings (SSSR count). The second-order valence-electron chi connectivity index (χ2n) is 6.69. The molecule has 2 heterocycles. The molecule has 0 radical (unpaired) electrons. The van der Waals surface area contributed by atoms with Gasteiger partial charge in [-0.3, -0.25) is 0 Å². The van der Waals surface area contributed by atoms with E-state index in [-0.39, 0.29) is 5.97 Å². The maximum absolute atomic E-state index is 12.9. The Kier molecular flexibility index (Phi) is 5.02. The van der Waals surface area contributed by atoms with Gasteiger partial charge in [-0.25, -0.2) is 4.79 Å². The molecule has 1 fully saturated rings. The van der Waals surface area contributed by atoms with Gasteiger partial charge in [-0.05, 0) is 43.5 Å². The molecule has 4 nitrogen and oxygen atoms in total. The Morgan fingerprint density at radius 1 is 1.00 bits per heavy atom. The van der Waals surface area contributed by atoms with E-state index in [1.54, 1.807) is 0 Å². The molecule has 0 amide bonds. The van der Waals surface area contributed by atoms with E-state index in [0.717, 1.165) is 48.2 Å². The normalized spacial score (nSPS) is 14.6. The smallest absolute Gasteiger partial charge is 0.357 e. The van der Waals surface area contributed by atoms with E-state index in [9.17, 15) is 4.79 Å². The van der Waals surface area contributed by atoms with Crippen LogP contribution in [-0.2, 0) is 4.74 Å². The van der Waals surface area contributed by atoms with Crippen LogP contribution in [0.4, 0.5) is 5.69 Å². The fraction of sp³-hybridized carbons (Fsp3) is 0.286. The van der Waals surface area contributed by atoms with Gasteiger partial charge in [0, 0.05) is 24.2 Å². The molecule has 0 N–H and O–H groups in total. The van der Waals surface area contributed by atoms with Crippen molar-refractivity contribution in [1.82, 2.24) is 4.57 Å². The van der Waals surface area contributed by atoms with Crippen LogP contribution in [0.2, 0.25) is 10.0 Å². The van der Waals surface area contributed by atoms with E-state index in [4.69, 9.17) is 27.9 Å². The third-order valence-corrected chi connectivity index (χ3v) is 5.77. The standard InChI is InChI=1S/C21H20Cl2N2O2/c1-27-21(26)20-19(24-10-6-3-7-11-24)15-12-16(22)17(23)13-18(15)25(20)14-8-4-2-5-9-14/h2,4-5,8-9,12-13H,3,6-7,10-11H2,1H3. The predicted molar refractivity (Wildman–Crippen MR) is 111 cm³/mol. The number of benzene rings is 2. The molecule has 0 unspecified atom stereocenters. The lowest BCUT2D eigenvalue weighted by Crippen LogP contribution is -2.31. The summed E-state index contributed by atoms with van der Waals surface area (Å²) in [5, 5.41) is 1.85. The number of hydrogen-bond acceptors (Lipinski definition) is 3. The number of esters is 1. The number of rotatable bonds is 3. The number of anilines is 1. The summed E-state index contributed by atoms with van der Waals surface area (Å²) in [6.07, 6.45) is 3.40. The van der Waals surface area contributed by atoms with Crippen LogP contribution < -0.4 is 4.90 Å². The fourth-order valence-corrected chi connectivity index (χ4v) is 4.15. The summed E-state index contributed by atoms with van der Waals surface area (Å²) in [7, 11) is 1.41. The number of fused-ring (bicyclic) bond motifs is 1. The largest absolute Gasteiger partial charge is 0.464 e. The summed E-state index contributed by atoms with van der Waals surface area (Å²) in [6, 6.07) is 13.5. The minimum Gasteiger partial charge on any atom is -0.464 e. The number of para-hydroxylation sites is 1. The zero-order chi connectivity index (χ0) is 19.0. The van der Waals surface area contributed by atoms with E-state index in [0.29, 0.717) is 15.7 Å². The first-order valence-electron chi connectivity index (χ1n) is 9.04. The highest BCUT2D eigenvalue weighted by atomic mass is 35.5. The second kappa shape index (κ2) is 7.45. The van der Waals surface area contributed by atoms with Gasteiger partial charge < -0.3 is 14.2 Å². The quantitative estimate of drug-likeness (QED) is 0.525. The van der Waals surface area contributed by atoms with Crippen LogP contribution in [0.3, 0.4) is 0 Å². The Bertz CT molecular complexity index is 993. The van der Waals surface area contributed by atoms with E-state index >= 15 is 0 Å². The molecule has 1 aliphatic rings. The van der Waals surface area contributed by atoms with E-state index in [2.05, 4.69) is 4.90 Å². The van der Waals surface area contributed by atoms with Crippen LogP contribution >= 0.6 is 23.2 Å². The van der Waals surface area contributed by atoms with Crippen molar-refractivity contribution in [1.29, 1.82) is 0 Å². The number of carbonyl (C=O) groups is 1. The Balaban J connectivity index is 2.10. The van der Waals surface area contributed by atoms with Crippen molar-refractivity contribution in [2.24, 2.45) is 0 Å². The third-order valence-electron chi connectivity index (χ3n) is 5.05. The second-order valence-corrected chi connectivity index (χ2v) is 7.51. The summed E-state index contributed by atoms with van der Waals surface area (Å²) in [5.41, 5.74) is 3.11. The SMILES string of the molecule is COC(=O)c1c(N2CCCCC2)c2cc(Cl)c(Cl)cc2n1-c1ccccc1. The molecule has 0 bridgehead atoms. The molecule has 2 aromatic carbocycles. The van der Waals surface area contributed by atoms with Crippen LogP contribution in [0, 0.1) is 0 Å². The van der Waals surface area contributed by atoms with Gasteiger partial charge >= 0.3 is 5.97 Å². The zero-order valence-electron chi connectivity index (χ0n) is 15.0. The van der Waals surface area contributed by atoms with Crippen molar-refractivity contribution in [3.63, 3.8) is 0 Å². The molecule has 3 aromatic rings. The Labute approximate surface area is 168 Å². The fourth-order valence-electron chi connectivity index (χ4n) is 3.83. The zero-order valence-corrected chi connectivity index (χ0v) is 16.6. The van der Waals surface area contributed by atoms with Gasteiger partial charge in [0.25, 0.3) is 0 Å². The lowest BCUT2D eigenvalue weighted by molar-refractivity contribution is 0.0593. The molecule has 0 spiro atoms. The summed E-state index contributed by atoms with van der Waals surface area (Å²) in [4.78, 5) is 15.1. The number of carbonyl (C=O) groups excluding carboxylic acids is 1. The lowest BCUT2D eigenvalue weighted by Gasteiger charge is -2.29. The van der Waals surface area contributed by atoms with Crippen LogP contribution in [0.15, 0.2) is 42.5 Å². The molecular formula is C21H20Cl2N2O2. The van der Waals surface area contributed by atoms with Crippen LogP contribution in [0.1, 0.15) is 29.8 Å². The maximum atomic E-state index is 12.9. The number of aromatic nitrogens is 1. The van der Waals surface area contributed by atoms with Gasteiger partial charge in [-0.2, -0.15) is 0 Å². The number of ether oxygens (including phenoxy) is 1. The lowest BCUT2D eigenvalue weighted by atomic mass is 10.1. The topological polar surface area (TPSA) is 34.5 Å². The highest BCUT2D eigenvalue weighted by Crippen LogP contribution is 2.41. The number of halogens is 2. The van der Waals surface area contributed by atoms with Crippen LogP contribution in [0.25, 0.3) is 16.6 Å². The van der Waals surface area contributed by atoms with Gasteiger partial charge in [-0.1, -0.05) is 41.4 Å². The molecule has 0 atom stereocenters. The van der Waals surface area contributed by atoms with E-state index in [1.165, 1.54) is 13.5 Å². The first-order chi connectivity index (χ1) is 13.1. The third kappa shape index (κ3) is 3.17. The molecule has 6 heteroatoms. The summed E-state index contributed by atoms with van der Waals surface area (Å²) in [5.74, 6) is -0.372. The summed E-state index contributed by atoms with van der Waals surface area (Å²) in [6.45, 7) is 1.80. The molecule has 140 valence electrons. The first-order valence-corrected chi connectivity index (χ1v) is 9.79. The Morgan fingerprint density at radius 2 is 1.67 bits per heavy atom. The highest BCUT2D eigenvalue weighted by molar-refractivity contribution is 6.43. The van der Waals surface area contributed by atoms with Crippen molar-refractivity contribution in [2.75, 3.05) is 25.1 Å². The van der Waals surface area contributed by atoms with Crippen molar-refractivity contribution < 1.29 is 9.53 Å². The van der Waals surface area contributed by atoms with Crippen LogP contribution in [0.5, 0.6) is 0 Å². The summed E-state index contributed by atoms with van der Waals surface area (Å²) >= 11 is 12.7. The molecule has 0 aliphatic carbocycles. The van der Waals surface area contributed by atoms with Gasteiger partial charge in [0.1, 0.15) is 0 Å². The molecule has 1 saturated heterocycles. The van der Waals surface area contributed by atoms with Gasteiger partial charge in [-0.15, -0.1) is 0 Å². The average molecular weight is 403 g/mol. The Hall–Kier alpha value is -2.17.